The second kappa shape index (κ2) is 7.29. The van der Waals surface area contributed by atoms with Gasteiger partial charge in [0.05, 0.1) is 0 Å². The number of amides is 1. The third-order valence-corrected chi connectivity index (χ3v) is 5.49. The molecule has 21 heavy (non-hydrogen) atoms. The smallest absolute Gasteiger partial charge is 0.326 e. The number of carboxylic acids is 1. The van der Waals surface area contributed by atoms with E-state index in [0.717, 1.165) is 32.1 Å². The van der Waals surface area contributed by atoms with E-state index in [1.807, 2.05) is 0 Å². The highest BCUT2D eigenvalue weighted by atomic mass is 32.2. The molecule has 0 aromatic heterocycles. The van der Waals surface area contributed by atoms with E-state index in [1.54, 1.807) is 4.90 Å². The molecular weight excluding hydrogens is 290 g/mol. The molecular formula is C15H23NO4S. The minimum atomic E-state index is -0.880. The van der Waals surface area contributed by atoms with Crippen molar-refractivity contribution in [2.24, 2.45) is 11.8 Å². The van der Waals surface area contributed by atoms with Gasteiger partial charge in [0.15, 0.2) is 5.12 Å². The fraction of sp³-hybridized carbons (Fsp3) is 0.800. The van der Waals surface area contributed by atoms with Crippen molar-refractivity contribution >= 4 is 28.8 Å². The Morgan fingerprint density at radius 3 is 2.57 bits per heavy atom. The molecule has 6 heteroatoms. The van der Waals surface area contributed by atoms with Crippen LogP contribution in [-0.2, 0) is 14.4 Å². The SMILES string of the molecule is CC(=O)SCC1CC(=O)N(C(C(=O)O)C2CCCCC2)C1. The van der Waals surface area contributed by atoms with Crippen molar-refractivity contribution in [3.05, 3.63) is 0 Å². The fourth-order valence-corrected chi connectivity index (χ4v) is 4.16. The number of thioether (sulfide) groups is 1. The first-order valence-electron chi connectivity index (χ1n) is 7.64. The van der Waals surface area contributed by atoms with Crippen LogP contribution in [0.5, 0.6) is 0 Å². The molecule has 1 saturated heterocycles. The molecule has 1 saturated carbocycles. The molecule has 1 N–H and O–H groups in total. The zero-order chi connectivity index (χ0) is 15.4. The van der Waals surface area contributed by atoms with Gasteiger partial charge in [-0.15, -0.1) is 0 Å². The molecule has 0 bridgehead atoms. The summed E-state index contributed by atoms with van der Waals surface area (Å²) >= 11 is 1.22. The molecule has 2 aliphatic rings. The standard InChI is InChI=1S/C15H23NO4S/c1-10(17)21-9-11-7-13(18)16(8-11)14(15(19)20)12-5-3-2-4-6-12/h11-12,14H,2-9H2,1H3,(H,19,20). The maximum absolute atomic E-state index is 12.2. The lowest BCUT2D eigenvalue weighted by Gasteiger charge is -2.33. The Labute approximate surface area is 129 Å². The Hall–Kier alpha value is -1.04. The van der Waals surface area contributed by atoms with E-state index in [4.69, 9.17) is 0 Å². The van der Waals surface area contributed by atoms with Crippen LogP contribution in [0.4, 0.5) is 0 Å². The molecule has 1 aliphatic heterocycles. The van der Waals surface area contributed by atoms with Gasteiger partial charge in [0, 0.05) is 25.6 Å². The van der Waals surface area contributed by atoms with Crippen LogP contribution in [0, 0.1) is 11.8 Å². The summed E-state index contributed by atoms with van der Waals surface area (Å²) in [5.74, 6) is -0.164. The van der Waals surface area contributed by atoms with E-state index in [2.05, 4.69) is 0 Å². The summed E-state index contributed by atoms with van der Waals surface area (Å²) in [7, 11) is 0. The molecule has 0 aromatic carbocycles. The molecule has 0 radical (unpaired) electrons. The second-order valence-electron chi connectivity index (χ2n) is 6.10. The number of hydrogen-bond acceptors (Lipinski definition) is 4. The average molecular weight is 313 g/mol. The summed E-state index contributed by atoms with van der Waals surface area (Å²) in [4.78, 5) is 36.4. The summed E-state index contributed by atoms with van der Waals surface area (Å²) in [6.45, 7) is 1.99. The minimum absolute atomic E-state index is 0.0444. The number of nitrogens with zero attached hydrogens (tertiary/aromatic N) is 1. The summed E-state index contributed by atoms with van der Waals surface area (Å²) in [5, 5.41) is 9.60. The number of carboxylic acid groups (broad SMARTS) is 1. The lowest BCUT2D eigenvalue weighted by molar-refractivity contribution is -0.151. The topological polar surface area (TPSA) is 74.7 Å². The Kier molecular flexibility index (Phi) is 5.67. The van der Waals surface area contributed by atoms with Gasteiger partial charge in [-0.05, 0) is 24.7 Å². The minimum Gasteiger partial charge on any atom is -0.480 e. The van der Waals surface area contributed by atoms with Gasteiger partial charge < -0.3 is 10.0 Å². The monoisotopic (exact) mass is 313 g/mol. The predicted octanol–water partition coefficient (Wildman–Crippen LogP) is 2.15. The Morgan fingerprint density at radius 2 is 2.00 bits per heavy atom. The van der Waals surface area contributed by atoms with Crippen LogP contribution < -0.4 is 0 Å². The van der Waals surface area contributed by atoms with Gasteiger partial charge in [-0.1, -0.05) is 31.0 Å². The number of aliphatic carboxylic acids is 1. The molecule has 2 atom stereocenters. The van der Waals surface area contributed by atoms with Crippen LogP contribution in [0.2, 0.25) is 0 Å². The molecule has 2 unspecified atom stereocenters. The lowest BCUT2D eigenvalue weighted by Crippen LogP contribution is -2.47. The Balaban J connectivity index is 2.01. The maximum Gasteiger partial charge on any atom is 0.326 e. The number of rotatable bonds is 5. The number of hydrogen-bond donors (Lipinski definition) is 1. The summed E-state index contributed by atoms with van der Waals surface area (Å²) < 4.78 is 0. The average Bonchev–Trinajstić information content (AvgIpc) is 2.79. The van der Waals surface area contributed by atoms with E-state index >= 15 is 0 Å². The highest BCUT2D eigenvalue weighted by Gasteiger charge is 2.41. The molecule has 0 aromatic rings. The van der Waals surface area contributed by atoms with Crippen LogP contribution in [0.1, 0.15) is 45.4 Å². The van der Waals surface area contributed by atoms with Gasteiger partial charge in [-0.25, -0.2) is 4.79 Å². The van der Waals surface area contributed by atoms with Crippen molar-refractivity contribution < 1.29 is 19.5 Å². The number of carbonyl (C=O) groups is 3. The first-order valence-corrected chi connectivity index (χ1v) is 8.63. The normalized spacial score (nSPS) is 25.1. The van der Waals surface area contributed by atoms with Crippen LogP contribution in [0.3, 0.4) is 0 Å². The van der Waals surface area contributed by atoms with E-state index in [9.17, 15) is 19.5 Å². The zero-order valence-electron chi connectivity index (χ0n) is 12.4. The first kappa shape index (κ1) is 16.3. The Morgan fingerprint density at radius 1 is 1.33 bits per heavy atom. The highest BCUT2D eigenvalue weighted by Crippen LogP contribution is 2.33. The molecule has 1 aliphatic carbocycles. The van der Waals surface area contributed by atoms with Gasteiger partial charge in [0.25, 0.3) is 0 Å². The molecule has 1 amide bonds. The second-order valence-corrected chi connectivity index (χ2v) is 7.30. The predicted molar refractivity (Wildman–Crippen MR) is 81.0 cm³/mol. The van der Waals surface area contributed by atoms with E-state index in [1.165, 1.54) is 18.7 Å². The quantitative estimate of drug-likeness (QED) is 0.842. The molecule has 2 fully saturated rings. The molecule has 1 heterocycles. The third-order valence-electron chi connectivity index (χ3n) is 4.45. The van der Waals surface area contributed by atoms with Crippen LogP contribution in [0.15, 0.2) is 0 Å². The van der Waals surface area contributed by atoms with Gasteiger partial charge in [0.2, 0.25) is 5.91 Å². The largest absolute Gasteiger partial charge is 0.480 e. The molecule has 2 rings (SSSR count). The number of likely N-dealkylation sites (tertiary alicyclic amines) is 1. The van der Waals surface area contributed by atoms with Crippen molar-refractivity contribution in [1.29, 1.82) is 0 Å². The summed E-state index contributed by atoms with van der Waals surface area (Å²) in [6.07, 6.45) is 5.44. The molecule has 118 valence electrons. The highest BCUT2D eigenvalue weighted by molar-refractivity contribution is 8.13. The zero-order valence-corrected chi connectivity index (χ0v) is 13.2. The van der Waals surface area contributed by atoms with Crippen molar-refractivity contribution in [3.8, 4) is 0 Å². The van der Waals surface area contributed by atoms with Gasteiger partial charge in [-0.2, -0.15) is 0 Å². The van der Waals surface area contributed by atoms with Crippen LogP contribution in [-0.4, -0.2) is 45.3 Å². The van der Waals surface area contributed by atoms with E-state index in [-0.39, 0.29) is 22.9 Å². The van der Waals surface area contributed by atoms with Crippen molar-refractivity contribution in [1.82, 2.24) is 4.90 Å². The van der Waals surface area contributed by atoms with Crippen LogP contribution >= 0.6 is 11.8 Å². The van der Waals surface area contributed by atoms with Gasteiger partial charge >= 0.3 is 5.97 Å². The maximum atomic E-state index is 12.2. The van der Waals surface area contributed by atoms with Crippen molar-refractivity contribution in [2.45, 2.75) is 51.5 Å². The van der Waals surface area contributed by atoms with E-state index < -0.39 is 12.0 Å². The van der Waals surface area contributed by atoms with Gasteiger partial charge in [-0.3, -0.25) is 9.59 Å². The Bertz CT molecular complexity index is 420. The summed E-state index contributed by atoms with van der Waals surface area (Å²) in [6, 6.07) is -0.676. The van der Waals surface area contributed by atoms with Crippen LogP contribution in [0.25, 0.3) is 0 Å². The molecule has 0 spiro atoms. The first-order chi connectivity index (χ1) is 9.99. The lowest BCUT2D eigenvalue weighted by atomic mass is 9.83. The fourth-order valence-electron chi connectivity index (χ4n) is 3.46. The number of carbonyl (C=O) groups excluding carboxylic acids is 2. The van der Waals surface area contributed by atoms with E-state index in [0.29, 0.717) is 18.7 Å². The van der Waals surface area contributed by atoms with Crippen molar-refractivity contribution in [3.63, 3.8) is 0 Å². The third kappa shape index (κ3) is 4.22. The van der Waals surface area contributed by atoms with Crippen molar-refractivity contribution in [2.75, 3.05) is 12.3 Å². The molecule has 5 nitrogen and oxygen atoms in total. The van der Waals surface area contributed by atoms with Gasteiger partial charge in [0.1, 0.15) is 6.04 Å². The summed E-state index contributed by atoms with van der Waals surface area (Å²) in [5.41, 5.74) is 0.